The van der Waals surface area contributed by atoms with Crippen molar-refractivity contribution in [1.29, 1.82) is 0 Å². The number of anilines is 2. The van der Waals surface area contributed by atoms with Crippen LogP contribution in [0.15, 0.2) is 18.2 Å². The molecule has 1 fully saturated rings. The largest absolute Gasteiger partial charge is 0.399 e. The molecule has 4 heteroatoms. The van der Waals surface area contributed by atoms with Gasteiger partial charge >= 0.3 is 0 Å². The van der Waals surface area contributed by atoms with Gasteiger partial charge in [0.1, 0.15) is 0 Å². The summed E-state index contributed by atoms with van der Waals surface area (Å²) in [5.74, 6) is -0.0332. The zero-order valence-electron chi connectivity index (χ0n) is 12.7. The molecule has 1 aromatic carbocycles. The molecule has 1 aromatic rings. The van der Waals surface area contributed by atoms with Gasteiger partial charge in [-0.1, -0.05) is 19.8 Å². The highest BCUT2D eigenvalue weighted by molar-refractivity contribution is 6.00. The average Bonchev–Trinajstić information content (AvgIpc) is 2.83. The first-order chi connectivity index (χ1) is 9.41. The first-order valence-corrected chi connectivity index (χ1v) is 7.26. The maximum absolute atomic E-state index is 12.4. The van der Waals surface area contributed by atoms with E-state index in [4.69, 9.17) is 5.73 Å². The number of carbonyl (C=O) groups is 1. The van der Waals surface area contributed by atoms with Crippen molar-refractivity contribution in [1.82, 2.24) is 5.32 Å². The van der Waals surface area contributed by atoms with Gasteiger partial charge in [0.15, 0.2) is 0 Å². The minimum absolute atomic E-state index is 0.0332. The van der Waals surface area contributed by atoms with E-state index in [9.17, 15) is 4.79 Å². The summed E-state index contributed by atoms with van der Waals surface area (Å²) in [5, 5.41) is 3.08. The molecular formula is C16H25N3O. The lowest BCUT2D eigenvalue weighted by atomic mass is 9.89. The zero-order valence-corrected chi connectivity index (χ0v) is 12.7. The maximum atomic E-state index is 12.4. The molecule has 1 saturated carbocycles. The number of carbonyl (C=O) groups excluding carboxylic acids is 1. The van der Waals surface area contributed by atoms with E-state index in [-0.39, 0.29) is 11.3 Å². The van der Waals surface area contributed by atoms with Crippen molar-refractivity contribution >= 4 is 17.3 Å². The van der Waals surface area contributed by atoms with Crippen molar-refractivity contribution < 1.29 is 4.79 Å². The third-order valence-corrected chi connectivity index (χ3v) is 4.23. The van der Waals surface area contributed by atoms with Gasteiger partial charge in [0.05, 0.1) is 5.56 Å². The number of hydrogen-bond donors (Lipinski definition) is 2. The minimum Gasteiger partial charge on any atom is -0.399 e. The number of nitrogens with two attached hydrogens (primary N) is 1. The molecule has 1 aliphatic carbocycles. The molecule has 1 aliphatic rings. The van der Waals surface area contributed by atoms with Gasteiger partial charge in [0.2, 0.25) is 0 Å². The summed E-state index contributed by atoms with van der Waals surface area (Å²) in [6.45, 7) is 3.00. The van der Waals surface area contributed by atoms with Gasteiger partial charge in [-0.05, 0) is 36.5 Å². The summed E-state index contributed by atoms with van der Waals surface area (Å²) < 4.78 is 0. The van der Waals surface area contributed by atoms with Gasteiger partial charge in [0.25, 0.3) is 5.91 Å². The molecule has 0 heterocycles. The Morgan fingerprint density at radius 1 is 1.35 bits per heavy atom. The van der Waals surface area contributed by atoms with Crippen molar-refractivity contribution in [3.63, 3.8) is 0 Å². The van der Waals surface area contributed by atoms with Crippen LogP contribution in [0.1, 0.15) is 43.0 Å². The van der Waals surface area contributed by atoms with Crippen LogP contribution in [0.5, 0.6) is 0 Å². The lowest BCUT2D eigenvalue weighted by Gasteiger charge is -2.24. The van der Waals surface area contributed by atoms with Crippen LogP contribution in [-0.4, -0.2) is 26.5 Å². The van der Waals surface area contributed by atoms with Gasteiger partial charge in [-0.25, -0.2) is 0 Å². The molecule has 0 saturated heterocycles. The summed E-state index contributed by atoms with van der Waals surface area (Å²) >= 11 is 0. The highest BCUT2D eigenvalue weighted by atomic mass is 16.1. The fraction of sp³-hybridized carbons (Fsp3) is 0.562. The second-order valence-electron chi connectivity index (χ2n) is 6.37. The SMILES string of the molecule is CN(C)c1ccc(N)cc1C(=O)NCC1(C)CCCC1. The zero-order chi connectivity index (χ0) is 14.8. The van der Waals surface area contributed by atoms with Crippen LogP contribution in [-0.2, 0) is 0 Å². The van der Waals surface area contributed by atoms with Crippen molar-refractivity contribution in [2.75, 3.05) is 31.3 Å². The normalized spacial score (nSPS) is 16.9. The van der Waals surface area contributed by atoms with E-state index < -0.39 is 0 Å². The van der Waals surface area contributed by atoms with Gasteiger partial charge in [-0.2, -0.15) is 0 Å². The molecule has 2 rings (SSSR count). The van der Waals surface area contributed by atoms with Crippen molar-refractivity contribution in [3.05, 3.63) is 23.8 Å². The Balaban J connectivity index is 2.10. The average molecular weight is 275 g/mol. The number of amides is 1. The first-order valence-electron chi connectivity index (χ1n) is 7.26. The lowest BCUT2D eigenvalue weighted by molar-refractivity contribution is 0.0935. The molecule has 3 N–H and O–H groups in total. The number of nitrogen functional groups attached to an aromatic ring is 1. The van der Waals surface area contributed by atoms with E-state index >= 15 is 0 Å². The fourth-order valence-electron chi connectivity index (χ4n) is 2.92. The lowest BCUT2D eigenvalue weighted by Crippen LogP contribution is -2.34. The molecule has 1 amide bonds. The standard InChI is InChI=1S/C16H25N3O/c1-16(8-4-5-9-16)11-18-15(20)13-10-12(17)6-7-14(13)19(2)3/h6-7,10H,4-5,8-9,11,17H2,1-3H3,(H,18,20). The second kappa shape index (κ2) is 5.73. The topological polar surface area (TPSA) is 58.4 Å². The Labute approximate surface area is 121 Å². The molecule has 4 nitrogen and oxygen atoms in total. The molecule has 20 heavy (non-hydrogen) atoms. The van der Waals surface area contributed by atoms with Crippen LogP contribution in [0.4, 0.5) is 11.4 Å². The summed E-state index contributed by atoms with van der Waals surface area (Å²) in [6.07, 6.45) is 4.94. The van der Waals surface area contributed by atoms with E-state index in [1.54, 1.807) is 6.07 Å². The number of benzene rings is 1. The molecular weight excluding hydrogens is 250 g/mol. The van der Waals surface area contributed by atoms with Crippen molar-refractivity contribution in [2.24, 2.45) is 5.41 Å². The summed E-state index contributed by atoms with van der Waals surface area (Å²) in [6, 6.07) is 5.47. The quantitative estimate of drug-likeness (QED) is 0.831. The van der Waals surface area contributed by atoms with Crippen LogP contribution in [0, 0.1) is 5.41 Å². The van der Waals surface area contributed by atoms with Gasteiger partial charge in [0, 0.05) is 32.0 Å². The summed E-state index contributed by atoms with van der Waals surface area (Å²) in [4.78, 5) is 14.4. The minimum atomic E-state index is -0.0332. The molecule has 0 radical (unpaired) electrons. The Morgan fingerprint density at radius 3 is 2.60 bits per heavy atom. The van der Waals surface area contributed by atoms with Crippen LogP contribution in [0.25, 0.3) is 0 Å². The number of nitrogens with one attached hydrogen (secondary N) is 1. The highest BCUT2D eigenvalue weighted by Gasteiger charge is 2.29. The first kappa shape index (κ1) is 14.7. The van der Waals surface area contributed by atoms with Crippen molar-refractivity contribution in [2.45, 2.75) is 32.6 Å². The van der Waals surface area contributed by atoms with Gasteiger partial charge in [-0.3, -0.25) is 4.79 Å². The maximum Gasteiger partial charge on any atom is 0.253 e. The molecule has 0 aromatic heterocycles. The molecule has 0 spiro atoms. The third kappa shape index (κ3) is 3.24. The number of hydrogen-bond acceptors (Lipinski definition) is 3. The number of rotatable bonds is 4. The Morgan fingerprint density at radius 2 is 2.00 bits per heavy atom. The van der Waals surface area contributed by atoms with E-state index in [2.05, 4.69) is 12.2 Å². The molecule has 110 valence electrons. The third-order valence-electron chi connectivity index (χ3n) is 4.23. The molecule has 0 bridgehead atoms. The van der Waals surface area contributed by atoms with Crippen LogP contribution >= 0.6 is 0 Å². The van der Waals surface area contributed by atoms with E-state index in [1.807, 2.05) is 31.1 Å². The van der Waals surface area contributed by atoms with E-state index in [1.165, 1.54) is 25.7 Å². The predicted octanol–water partition coefficient (Wildman–Crippen LogP) is 2.64. The Bertz CT molecular complexity index is 490. The fourth-order valence-corrected chi connectivity index (χ4v) is 2.92. The predicted molar refractivity (Wildman–Crippen MR) is 84.1 cm³/mol. The Hall–Kier alpha value is -1.71. The summed E-state index contributed by atoms with van der Waals surface area (Å²) in [7, 11) is 3.86. The van der Waals surface area contributed by atoms with E-state index in [0.29, 0.717) is 11.3 Å². The Kier molecular flexibility index (Phi) is 4.21. The number of nitrogens with zero attached hydrogens (tertiary/aromatic N) is 1. The molecule has 0 unspecified atom stereocenters. The van der Waals surface area contributed by atoms with Crippen LogP contribution in [0.3, 0.4) is 0 Å². The molecule has 0 aliphatic heterocycles. The molecule has 0 atom stereocenters. The smallest absolute Gasteiger partial charge is 0.253 e. The monoisotopic (exact) mass is 275 g/mol. The highest BCUT2D eigenvalue weighted by Crippen LogP contribution is 2.36. The van der Waals surface area contributed by atoms with E-state index in [0.717, 1.165) is 12.2 Å². The van der Waals surface area contributed by atoms with Crippen LogP contribution < -0.4 is 16.0 Å². The summed E-state index contributed by atoms with van der Waals surface area (Å²) in [5.41, 5.74) is 8.23. The van der Waals surface area contributed by atoms with Gasteiger partial charge in [-0.15, -0.1) is 0 Å². The second-order valence-corrected chi connectivity index (χ2v) is 6.37. The van der Waals surface area contributed by atoms with Crippen molar-refractivity contribution in [3.8, 4) is 0 Å². The van der Waals surface area contributed by atoms with Gasteiger partial charge < -0.3 is 16.0 Å². The van der Waals surface area contributed by atoms with Crippen LogP contribution in [0.2, 0.25) is 0 Å².